The Bertz CT molecular complexity index is 563. The van der Waals surface area contributed by atoms with E-state index in [1.165, 1.54) is 0 Å². The molecule has 0 aromatic carbocycles. The smallest absolute Gasteiger partial charge is 0.270 e. The van der Waals surface area contributed by atoms with E-state index in [1.54, 1.807) is 18.3 Å². The largest absolute Gasteiger partial charge is 0.384 e. The van der Waals surface area contributed by atoms with Gasteiger partial charge in [0.05, 0.1) is 18.4 Å². The maximum absolute atomic E-state index is 11.9. The van der Waals surface area contributed by atoms with Crippen LogP contribution in [0.2, 0.25) is 0 Å². The second-order valence-corrected chi connectivity index (χ2v) is 4.47. The van der Waals surface area contributed by atoms with Gasteiger partial charge < -0.3 is 15.2 Å². The maximum atomic E-state index is 11.9. The summed E-state index contributed by atoms with van der Waals surface area (Å²) in [6.07, 6.45) is 2.70. The van der Waals surface area contributed by atoms with Gasteiger partial charge in [-0.05, 0) is 25.5 Å². The molecule has 0 unspecified atom stereocenters. The molecule has 0 atom stereocenters. The predicted octanol–water partition coefficient (Wildman–Crippen LogP) is 2.13. The molecule has 6 nitrogen and oxygen atoms in total. The van der Waals surface area contributed by atoms with Gasteiger partial charge in [-0.2, -0.15) is 0 Å². The molecule has 0 saturated carbocycles. The minimum atomic E-state index is -0.229. The zero-order valence-corrected chi connectivity index (χ0v) is 11.6. The van der Waals surface area contributed by atoms with Crippen molar-refractivity contribution >= 4 is 11.6 Å². The molecule has 106 valence electrons. The third-order valence-corrected chi connectivity index (χ3v) is 2.68. The summed E-state index contributed by atoms with van der Waals surface area (Å²) >= 11 is 0. The number of aryl methyl sites for hydroxylation is 1. The van der Waals surface area contributed by atoms with Crippen LogP contribution in [0.25, 0.3) is 0 Å². The highest BCUT2D eigenvalue weighted by molar-refractivity contribution is 5.92. The minimum absolute atomic E-state index is 0.229. The van der Waals surface area contributed by atoms with Crippen LogP contribution in [0.15, 0.2) is 28.9 Å². The fourth-order valence-electron chi connectivity index (χ4n) is 1.66. The third-order valence-electron chi connectivity index (χ3n) is 2.68. The quantitative estimate of drug-likeness (QED) is 0.843. The molecular weight excluding hydrogens is 256 g/mol. The van der Waals surface area contributed by atoms with Crippen molar-refractivity contribution in [2.75, 3.05) is 11.9 Å². The van der Waals surface area contributed by atoms with Gasteiger partial charge in [0.2, 0.25) is 0 Å². The molecule has 2 rings (SSSR count). The number of nitrogens with one attached hydrogen (secondary N) is 2. The lowest BCUT2D eigenvalue weighted by atomic mass is 10.3. The number of rotatable bonds is 6. The fourth-order valence-corrected chi connectivity index (χ4v) is 1.66. The number of anilines is 1. The standard InChI is InChI=1S/C14H18N4O2/c1-3-6-15-11-4-5-13(16-8-11)14(19)17-9-12-7-10(2)20-18-12/h4-5,7-8,15H,3,6,9H2,1-2H3,(H,17,19). The Balaban J connectivity index is 1.88. The first-order valence-corrected chi connectivity index (χ1v) is 6.59. The first-order valence-electron chi connectivity index (χ1n) is 6.59. The van der Waals surface area contributed by atoms with Gasteiger partial charge in [-0.25, -0.2) is 4.98 Å². The monoisotopic (exact) mass is 274 g/mol. The molecule has 2 aromatic rings. The van der Waals surface area contributed by atoms with E-state index < -0.39 is 0 Å². The zero-order chi connectivity index (χ0) is 14.4. The average molecular weight is 274 g/mol. The lowest BCUT2D eigenvalue weighted by molar-refractivity contribution is 0.0945. The van der Waals surface area contributed by atoms with Crippen molar-refractivity contribution in [2.45, 2.75) is 26.8 Å². The Morgan fingerprint density at radius 3 is 2.85 bits per heavy atom. The van der Waals surface area contributed by atoms with E-state index in [2.05, 4.69) is 27.7 Å². The van der Waals surface area contributed by atoms with Crippen molar-refractivity contribution in [3.8, 4) is 0 Å². The van der Waals surface area contributed by atoms with Crippen molar-refractivity contribution in [2.24, 2.45) is 0 Å². The summed E-state index contributed by atoms with van der Waals surface area (Å²) in [5.74, 6) is 0.492. The molecule has 20 heavy (non-hydrogen) atoms. The van der Waals surface area contributed by atoms with Crippen LogP contribution in [-0.4, -0.2) is 22.6 Å². The Hall–Kier alpha value is -2.37. The molecule has 0 aliphatic heterocycles. The van der Waals surface area contributed by atoms with E-state index in [-0.39, 0.29) is 5.91 Å². The molecule has 0 radical (unpaired) electrons. The molecule has 0 bridgehead atoms. The lowest BCUT2D eigenvalue weighted by Crippen LogP contribution is -2.23. The molecule has 0 spiro atoms. The van der Waals surface area contributed by atoms with Gasteiger partial charge in [0, 0.05) is 12.6 Å². The summed E-state index contributed by atoms with van der Waals surface area (Å²) in [7, 11) is 0. The molecule has 2 aromatic heterocycles. The fraction of sp³-hybridized carbons (Fsp3) is 0.357. The van der Waals surface area contributed by atoms with Crippen LogP contribution in [-0.2, 0) is 6.54 Å². The summed E-state index contributed by atoms with van der Waals surface area (Å²) < 4.78 is 4.93. The first-order chi connectivity index (χ1) is 9.69. The summed E-state index contributed by atoms with van der Waals surface area (Å²) in [6, 6.07) is 5.32. The van der Waals surface area contributed by atoms with E-state index in [1.807, 2.05) is 13.0 Å². The highest BCUT2D eigenvalue weighted by Gasteiger charge is 2.08. The predicted molar refractivity (Wildman–Crippen MR) is 75.4 cm³/mol. The first kappa shape index (κ1) is 14.0. The molecule has 0 fully saturated rings. The van der Waals surface area contributed by atoms with Gasteiger partial charge in [0.1, 0.15) is 17.1 Å². The molecule has 1 amide bonds. The van der Waals surface area contributed by atoms with E-state index in [9.17, 15) is 4.79 Å². The van der Waals surface area contributed by atoms with Crippen LogP contribution in [0.3, 0.4) is 0 Å². The van der Waals surface area contributed by atoms with E-state index in [0.29, 0.717) is 17.9 Å². The van der Waals surface area contributed by atoms with Gasteiger partial charge >= 0.3 is 0 Å². The lowest BCUT2D eigenvalue weighted by Gasteiger charge is -2.05. The molecule has 0 aliphatic rings. The summed E-state index contributed by atoms with van der Waals surface area (Å²) in [6.45, 7) is 5.11. The van der Waals surface area contributed by atoms with Crippen LogP contribution in [0.4, 0.5) is 5.69 Å². The second-order valence-electron chi connectivity index (χ2n) is 4.47. The van der Waals surface area contributed by atoms with Crippen molar-refractivity contribution < 1.29 is 9.32 Å². The number of pyridine rings is 1. The number of amides is 1. The normalized spacial score (nSPS) is 10.3. The molecule has 2 heterocycles. The number of hydrogen-bond acceptors (Lipinski definition) is 5. The van der Waals surface area contributed by atoms with Gasteiger partial charge in [0.25, 0.3) is 5.91 Å². The van der Waals surface area contributed by atoms with Crippen LogP contribution < -0.4 is 10.6 Å². The third kappa shape index (κ3) is 3.81. The van der Waals surface area contributed by atoms with Gasteiger partial charge in [-0.1, -0.05) is 12.1 Å². The molecular formula is C14H18N4O2. The van der Waals surface area contributed by atoms with Crippen molar-refractivity contribution in [3.05, 3.63) is 41.5 Å². The van der Waals surface area contributed by atoms with Crippen LogP contribution in [0.1, 0.15) is 35.3 Å². The molecule has 0 saturated heterocycles. The molecule has 6 heteroatoms. The highest BCUT2D eigenvalue weighted by atomic mass is 16.5. The maximum Gasteiger partial charge on any atom is 0.270 e. The van der Waals surface area contributed by atoms with Crippen molar-refractivity contribution in [1.82, 2.24) is 15.5 Å². The highest BCUT2D eigenvalue weighted by Crippen LogP contribution is 2.06. The van der Waals surface area contributed by atoms with Crippen molar-refractivity contribution in [3.63, 3.8) is 0 Å². The Kier molecular flexibility index (Phi) is 4.70. The number of nitrogens with zero attached hydrogens (tertiary/aromatic N) is 2. The Morgan fingerprint density at radius 1 is 1.40 bits per heavy atom. The van der Waals surface area contributed by atoms with Gasteiger partial charge in [0.15, 0.2) is 0 Å². The van der Waals surface area contributed by atoms with Gasteiger partial charge in [-0.15, -0.1) is 0 Å². The van der Waals surface area contributed by atoms with Crippen molar-refractivity contribution in [1.29, 1.82) is 0 Å². The van der Waals surface area contributed by atoms with Crippen LogP contribution in [0.5, 0.6) is 0 Å². The van der Waals surface area contributed by atoms with E-state index in [4.69, 9.17) is 4.52 Å². The van der Waals surface area contributed by atoms with Gasteiger partial charge in [-0.3, -0.25) is 4.79 Å². The summed E-state index contributed by atoms with van der Waals surface area (Å²) in [5, 5.41) is 9.76. The number of carbonyl (C=O) groups excluding carboxylic acids is 1. The average Bonchev–Trinajstić information content (AvgIpc) is 2.89. The number of aromatic nitrogens is 2. The second kappa shape index (κ2) is 6.70. The molecule has 2 N–H and O–H groups in total. The van der Waals surface area contributed by atoms with Crippen LogP contribution in [0, 0.1) is 6.92 Å². The zero-order valence-electron chi connectivity index (χ0n) is 11.6. The number of carbonyl (C=O) groups is 1. The summed E-state index contributed by atoms with van der Waals surface area (Å²) in [4.78, 5) is 16.0. The topological polar surface area (TPSA) is 80.0 Å². The Morgan fingerprint density at radius 2 is 2.25 bits per heavy atom. The SMILES string of the molecule is CCCNc1ccc(C(=O)NCc2cc(C)on2)nc1. The Labute approximate surface area is 117 Å². The molecule has 0 aliphatic carbocycles. The van der Waals surface area contributed by atoms with E-state index in [0.717, 1.165) is 24.4 Å². The number of hydrogen-bond donors (Lipinski definition) is 2. The summed E-state index contributed by atoms with van der Waals surface area (Å²) in [5.41, 5.74) is 1.99. The minimum Gasteiger partial charge on any atom is -0.384 e. The van der Waals surface area contributed by atoms with E-state index >= 15 is 0 Å². The van der Waals surface area contributed by atoms with Crippen LogP contribution >= 0.6 is 0 Å².